The van der Waals surface area contributed by atoms with Crippen LogP contribution in [0.4, 0.5) is 4.39 Å². The highest BCUT2D eigenvalue weighted by Crippen LogP contribution is 2.54. The minimum atomic E-state index is -1.62. The second kappa shape index (κ2) is 8.01. The van der Waals surface area contributed by atoms with Gasteiger partial charge in [-0.05, 0) is 30.3 Å². The summed E-state index contributed by atoms with van der Waals surface area (Å²) in [5, 5.41) is 11.4. The molecule has 2 aromatic rings. The van der Waals surface area contributed by atoms with Crippen molar-refractivity contribution in [1.29, 1.82) is 0 Å². The molecule has 8 nitrogen and oxygen atoms in total. The Bertz CT molecular complexity index is 1200. The third-order valence-corrected chi connectivity index (χ3v) is 6.05. The predicted molar refractivity (Wildman–Crippen MR) is 115 cm³/mol. The zero-order chi connectivity index (χ0) is 23.2. The number of allylic oxidation sites excluding steroid dienone is 1. The minimum Gasteiger partial charge on any atom is -0.494 e. The number of primary amides is 1. The number of rotatable bonds is 5. The summed E-state index contributed by atoms with van der Waals surface area (Å²) in [6.45, 7) is -0.264. The van der Waals surface area contributed by atoms with E-state index >= 15 is 4.39 Å². The summed E-state index contributed by atoms with van der Waals surface area (Å²) in [4.78, 5) is 28.3. The van der Waals surface area contributed by atoms with E-state index in [9.17, 15) is 14.7 Å². The van der Waals surface area contributed by atoms with E-state index in [1.165, 1.54) is 43.7 Å². The van der Waals surface area contributed by atoms with Gasteiger partial charge in [-0.2, -0.15) is 0 Å². The van der Waals surface area contributed by atoms with Crippen LogP contribution in [0.25, 0.3) is 11.1 Å². The van der Waals surface area contributed by atoms with Crippen LogP contribution in [0.1, 0.15) is 22.0 Å². The number of nitrogens with zero attached hydrogens (tertiary/aromatic N) is 1. The molecule has 4 rings (SSSR count). The lowest BCUT2D eigenvalue weighted by Gasteiger charge is -2.35. The van der Waals surface area contributed by atoms with Gasteiger partial charge in [0.05, 0.1) is 12.7 Å². The second-order valence-corrected chi connectivity index (χ2v) is 7.75. The smallest absolute Gasteiger partial charge is 0.256 e. The molecule has 0 fully saturated rings. The molecule has 0 spiro atoms. The normalized spacial score (nSPS) is 23.7. The molecule has 166 valence electrons. The molecule has 32 heavy (non-hydrogen) atoms. The fourth-order valence-corrected chi connectivity index (χ4v) is 4.44. The number of benzene rings is 2. The summed E-state index contributed by atoms with van der Waals surface area (Å²) in [5.74, 6) is -3.38. The van der Waals surface area contributed by atoms with Gasteiger partial charge in [0.25, 0.3) is 5.91 Å². The maximum atomic E-state index is 15.4. The van der Waals surface area contributed by atoms with Crippen LogP contribution in [0.15, 0.2) is 41.4 Å². The van der Waals surface area contributed by atoms with E-state index in [1.54, 1.807) is 6.08 Å². The van der Waals surface area contributed by atoms with Gasteiger partial charge in [-0.1, -0.05) is 17.7 Å². The minimum absolute atomic E-state index is 0.00655. The van der Waals surface area contributed by atoms with Crippen molar-refractivity contribution in [2.24, 2.45) is 22.4 Å². The molecule has 0 bridgehead atoms. The molecule has 5 N–H and O–H groups in total. The molecule has 0 radical (unpaired) electrons. The van der Waals surface area contributed by atoms with Gasteiger partial charge >= 0.3 is 0 Å². The van der Waals surface area contributed by atoms with Gasteiger partial charge in [0.2, 0.25) is 5.91 Å². The average molecular weight is 460 g/mol. The molecule has 0 aliphatic carbocycles. The maximum absolute atomic E-state index is 15.4. The van der Waals surface area contributed by atoms with Crippen molar-refractivity contribution in [3.05, 3.63) is 58.4 Å². The van der Waals surface area contributed by atoms with E-state index in [-0.39, 0.29) is 45.3 Å². The molecule has 2 aliphatic heterocycles. The SMILES string of the molecule is COc1ccc(C(N)=O)c(-c2c(Cl)ccc3c2[C@H](O)[C@@](CN)(C2C=CC=NC2=O)O3)c1F. The molecule has 0 saturated heterocycles. The molecule has 2 heterocycles. The van der Waals surface area contributed by atoms with Crippen molar-refractivity contribution in [3.63, 3.8) is 0 Å². The average Bonchev–Trinajstić information content (AvgIpc) is 3.07. The van der Waals surface area contributed by atoms with Crippen molar-refractivity contribution in [3.8, 4) is 22.6 Å². The summed E-state index contributed by atoms with van der Waals surface area (Å²) in [6, 6.07) is 5.46. The number of aliphatic imine (C=N–C) groups is 1. The van der Waals surface area contributed by atoms with Crippen molar-refractivity contribution in [2.45, 2.75) is 11.7 Å². The number of hydrogen-bond donors (Lipinski definition) is 3. The number of carbonyl (C=O) groups is 2. The van der Waals surface area contributed by atoms with E-state index in [0.717, 1.165) is 0 Å². The Hall–Kier alpha value is -3.27. The highest BCUT2D eigenvalue weighted by Gasteiger charge is 2.56. The lowest BCUT2D eigenvalue weighted by molar-refractivity contribution is -0.131. The van der Waals surface area contributed by atoms with Crippen LogP contribution in [0.5, 0.6) is 11.5 Å². The van der Waals surface area contributed by atoms with Crippen molar-refractivity contribution < 1.29 is 28.6 Å². The third-order valence-electron chi connectivity index (χ3n) is 5.74. The lowest BCUT2D eigenvalue weighted by Crippen LogP contribution is -2.54. The molecule has 0 saturated carbocycles. The number of hydrogen-bond acceptors (Lipinski definition) is 6. The van der Waals surface area contributed by atoms with Gasteiger partial charge in [0.15, 0.2) is 17.2 Å². The Balaban J connectivity index is 1.99. The zero-order valence-electron chi connectivity index (χ0n) is 16.8. The molecule has 1 unspecified atom stereocenters. The summed E-state index contributed by atoms with van der Waals surface area (Å²) in [5.41, 5.74) is 9.50. The summed E-state index contributed by atoms with van der Waals surface area (Å²) >= 11 is 6.44. The zero-order valence-corrected chi connectivity index (χ0v) is 17.6. The number of ether oxygens (including phenoxy) is 2. The van der Waals surface area contributed by atoms with E-state index in [4.69, 9.17) is 32.5 Å². The van der Waals surface area contributed by atoms with Gasteiger partial charge < -0.3 is 26.0 Å². The molecule has 10 heteroatoms. The molecule has 2 aromatic carbocycles. The van der Waals surface area contributed by atoms with Crippen LogP contribution >= 0.6 is 11.6 Å². The molecule has 0 aromatic heterocycles. The molecule has 2 amide bonds. The van der Waals surface area contributed by atoms with Gasteiger partial charge in [0, 0.05) is 34.5 Å². The van der Waals surface area contributed by atoms with Gasteiger partial charge in [-0.25, -0.2) is 9.38 Å². The topological polar surface area (TPSA) is 137 Å². The number of fused-ring (bicyclic) bond motifs is 1. The number of nitrogens with two attached hydrogens (primary N) is 2. The summed E-state index contributed by atoms with van der Waals surface area (Å²) in [7, 11) is 1.27. The first-order valence-electron chi connectivity index (χ1n) is 9.57. The van der Waals surface area contributed by atoms with Crippen LogP contribution < -0.4 is 20.9 Å². The highest BCUT2D eigenvalue weighted by atomic mass is 35.5. The number of carbonyl (C=O) groups excluding carboxylic acids is 2. The van der Waals surface area contributed by atoms with Crippen LogP contribution in [-0.4, -0.2) is 42.4 Å². The van der Waals surface area contributed by atoms with Crippen LogP contribution in [0, 0.1) is 11.7 Å². The van der Waals surface area contributed by atoms with Gasteiger partial charge in [0.1, 0.15) is 17.8 Å². The fourth-order valence-electron chi connectivity index (χ4n) is 4.18. The molecule has 2 aliphatic rings. The van der Waals surface area contributed by atoms with E-state index in [1.807, 2.05) is 0 Å². The molecule has 3 atom stereocenters. The standard InChI is InChI=1S/C22H19ClFN3O5/c1-31-14-6-4-10(20(26)29)15(18(14)24)16-12(23)5-7-13-17(16)19(28)22(9-25,32-13)11-3-2-8-27-21(11)30/h2-8,11,19,28H,9,25H2,1H3,(H2,26,29)/t11?,19-,22+/m0/s1. The monoisotopic (exact) mass is 459 g/mol. The van der Waals surface area contributed by atoms with Crippen molar-refractivity contribution in [2.75, 3.05) is 13.7 Å². The Morgan fingerprint density at radius 3 is 2.72 bits per heavy atom. The second-order valence-electron chi connectivity index (χ2n) is 7.35. The maximum Gasteiger partial charge on any atom is 0.256 e. The Morgan fingerprint density at radius 2 is 2.09 bits per heavy atom. The summed E-state index contributed by atoms with van der Waals surface area (Å²) < 4.78 is 26.5. The van der Waals surface area contributed by atoms with E-state index < -0.39 is 35.3 Å². The van der Waals surface area contributed by atoms with Crippen molar-refractivity contribution in [1.82, 2.24) is 0 Å². The Labute approximate surface area is 187 Å². The van der Waals surface area contributed by atoms with Crippen LogP contribution in [0.2, 0.25) is 5.02 Å². The van der Waals surface area contributed by atoms with Gasteiger partial charge in [-0.3, -0.25) is 9.59 Å². The number of dihydropyridines is 1. The number of aliphatic hydroxyl groups is 1. The first-order valence-corrected chi connectivity index (χ1v) is 9.95. The number of amides is 2. The lowest BCUT2D eigenvalue weighted by atomic mass is 9.78. The number of halogens is 2. The molecular weight excluding hydrogens is 441 g/mol. The number of methoxy groups -OCH3 is 1. The Morgan fingerprint density at radius 1 is 1.34 bits per heavy atom. The quantitative estimate of drug-likeness (QED) is 0.626. The van der Waals surface area contributed by atoms with Crippen LogP contribution in [0.3, 0.4) is 0 Å². The number of aliphatic hydroxyl groups excluding tert-OH is 1. The summed E-state index contributed by atoms with van der Waals surface area (Å²) in [6.07, 6.45) is 2.89. The Kier molecular flexibility index (Phi) is 5.49. The first-order chi connectivity index (χ1) is 15.3. The first kappa shape index (κ1) is 21.9. The van der Waals surface area contributed by atoms with E-state index in [2.05, 4.69) is 4.99 Å². The predicted octanol–water partition coefficient (Wildman–Crippen LogP) is 2.16. The van der Waals surface area contributed by atoms with Crippen molar-refractivity contribution >= 4 is 29.6 Å². The van der Waals surface area contributed by atoms with Gasteiger partial charge in [-0.15, -0.1) is 0 Å². The fraction of sp³-hybridized carbons (Fsp3) is 0.227. The highest BCUT2D eigenvalue weighted by molar-refractivity contribution is 6.34. The van der Waals surface area contributed by atoms with Crippen LogP contribution in [-0.2, 0) is 4.79 Å². The third kappa shape index (κ3) is 3.09. The van der Waals surface area contributed by atoms with E-state index in [0.29, 0.717) is 0 Å². The molecular formula is C22H19ClFN3O5. The largest absolute Gasteiger partial charge is 0.494 e.